The van der Waals surface area contributed by atoms with Crippen LogP contribution in [0.25, 0.3) is 0 Å². The van der Waals surface area contributed by atoms with E-state index >= 15 is 0 Å². The second-order valence-electron chi connectivity index (χ2n) is 11.9. The molecule has 0 bridgehead atoms. The number of likely N-dealkylation sites (N-methyl/N-ethyl adjacent to an activating group) is 2. The number of hydrogen-bond acceptors (Lipinski definition) is 9. The highest BCUT2D eigenvalue weighted by Gasteiger charge is 2.43. The molecule has 0 amide bonds. The summed E-state index contributed by atoms with van der Waals surface area (Å²) in [5, 5.41) is 14.9. The van der Waals surface area contributed by atoms with Crippen LogP contribution in [0.5, 0.6) is 0 Å². The van der Waals surface area contributed by atoms with Gasteiger partial charge in [0, 0.05) is 45.1 Å². The number of aliphatic hydroxyl groups is 1. The quantitative estimate of drug-likeness (QED) is 0.646. The van der Waals surface area contributed by atoms with Crippen molar-refractivity contribution in [3.05, 3.63) is 53.9 Å². The van der Waals surface area contributed by atoms with Gasteiger partial charge in [-0.15, -0.1) is 0 Å². The third-order valence-corrected chi connectivity index (χ3v) is 7.95. The maximum Gasteiger partial charge on any atom is 0.224 e. The Labute approximate surface area is 221 Å². The molecule has 5 atom stereocenters. The Bertz CT molecular complexity index is 1090. The maximum atomic E-state index is 11.0. The van der Waals surface area contributed by atoms with Gasteiger partial charge in [0.15, 0.2) is 0 Å². The number of nitrogens with zero attached hydrogens (tertiary/aromatic N) is 7. The van der Waals surface area contributed by atoms with Gasteiger partial charge in [-0.25, -0.2) is 4.99 Å². The smallest absolute Gasteiger partial charge is 0.224 e. The Hall–Kier alpha value is -2.59. The van der Waals surface area contributed by atoms with E-state index in [-0.39, 0.29) is 23.7 Å². The summed E-state index contributed by atoms with van der Waals surface area (Å²) in [5.41, 5.74) is 2.60. The Morgan fingerprint density at radius 2 is 1.89 bits per heavy atom. The fourth-order valence-electron chi connectivity index (χ4n) is 5.62. The van der Waals surface area contributed by atoms with Gasteiger partial charge >= 0.3 is 0 Å². The van der Waals surface area contributed by atoms with E-state index in [0.29, 0.717) is 25.0 Å². The van der Waals surface area contributed by atoms with Crippen LogP contribution in [0.2, 0.25) is 0 Å². The van der Waals surface area contributed by atoms with E-state index in [2.05, 4.69) is 89.9 Å². The van der Waals surface area contributed by atoms with Crippen LogP contribution in [0.1, 0.15) is 33.3 Å². The molecule has 2 fully saturated rings. The van der Waals surface area contributed by atoms with Crippen LogP contribution in [-0.2, 0) is 6.54 Å². The van der Waals surface area contributed by atoms with Crippen LogP contribution < -0.4 is 5.32 Å². The Balaban J connectivity index is 1.35. The van der Waals surface area contributed by atoms with E-state index in [9.17, 15) is 5.11 Å². The molecule has 0 spiro atoms. The lowest BCUT2D eigenvalue weighted by Crippen LogP contribution is -2.58. The van der Waals surface area contributed by atoms with Gasteiger partial charge in [-0.2, -0.15) is 4.99 Å². The summed E-state index contributed by atoms with van der Waals surface area (Å²) in [6, 6.07) is 4.27. The van der Waals surface area contributed by atoms with E-state index in [1.165, 1.54) is 5.57 Å². The average molecular weight is 507 g/mol. The van der Waals surface area contributed by atoms with Gasteiger partial charge in [-0.3, -0.25) is 20.1 Å². The van der Waals surface area contributed by atoms with Crippen molar-refractivity contribution >= 4 is 11.8 Å². The number of nitrogens with one attached hydrogen (secondary N) is 1. The maximum absolute atomic E-state index is 11.0. The summed E-state index contributed by atoms with van der Waals surface area (Å²) >= 11 is 0. The molecule has 9 nitrogen and oxygen atoms in total. The van der Waals surface area contributed by atoms with Gasteiger partial charge in [0.05, 0.1) is 13.2 Å². The normalized spacial score (nSPS) is 31.2. The minimum absolute atomic E-state index is 0.0799. The van der Waals surface area contributed by atoms with Crippen molar-refractivity contribution in [2.75, 3.05) is 40.4 Å². The standard InChI is InChI=1S/C28H42N8O/c1-19-7-8-21(28(2,3)4)15-22(19)30-25-24-26(34(6)18-33(24)5)32-27(31-25)36-14-13-35(23(37)17-36)16-20-9-11-29-12-10-20/h7-12,15,19,22-25,30,37H,13-14,16-18H2,1-6H3. The Morgan fingerprint density at radius 3 is 2.59 bits per heavy atom. The molecule has 37 heavy (non-hydrogen) atoms. The van der Waals surface area contributed by atoms with Crippen LogP contribution in [0.3, 0.4) is 0 Å². The number of aromatic nitrogens is 1. The summed E-state index contributed by atoms with van der Waals surface area (Å²) < 4.78 is 0. The van der Waals surface area contributed by atoms with Gasteiger partial charge in [0.1, 0.15) is 24.3 Å². The number of aliphatic imine (C=N–C) groups is 2. The molecule has 5 unspecified atom stereocenters. The van der Waals surface area contributed by atoms with Crippen LogP contribution in [0.4, 0.5) is 0 Å². The topological polar surface area (TPSA) is 82.8 Å². The van der Waals surface area contributed by atoms with E-state index in [1.54, 1.807) is 12.4 Å². The van der Waals surface area contributed by atoms with Crippen molar-refractivity contribution in [3.63, 3.8) is 0 Å². The summed E-state index contributed by atoms with van der Waals surface area (Å²) in [7, 11) is 4.24. The first-order valence-corrected chi connectivity index (χ1v) is 13.4. The number of allylic oxidation sites excluding steroid dienone is 2. The van der Waals surface area contributed by atoms with Crippen molar-refractivity contribution in [1.82, 2.24) is 29.9 Å². The lowest BCUT2D eigenvalue weighted by atomic mass is 9.80. The number of guanidine groups is 1. The van der Waals surface area contributed by atoms with E-state index in [1.807, 2.05) is 12.1 Å². The predicted molar refractivity (Wildman–Crippen MR) is 148 cm³/mol. The van der Waals surface area contributed by atoms with Crippen LogP contribution in [0.15, 0.2) is 58.3 Å². The number of piperazine rings is 1. The average Bonchev–Trinajstić information content (AvgIpc) is 3.15. The number of rotatable bonds is 4. The molecule has 0 aromatic carbocycles. The van der Waals surface area contributed by atoms with Crippen molar-refractivity contribution in [2.24, 2.45) is 21.3 Å². The first kappa shape index (κ1) is 26.0. The van der Waals surface area contributed by atoms with Crippen molar-refractivity contribution in [3.8, 4) is 0 Å². The largest absolute Gasteiger partial charge is 0.376 e. The lowest BCUT2D eigenvalue weighted by Gasteiger charge is -2.41. The molecule has 5 rings (SSSR count). The molecule has 0 radical (unpaired) electrons. The molecule has 1 aliphatic carbocycles. The predicted octanol–water partition coefficient (Wildman–Crippen LogP) is 1.95. The highest BCUT2D eigenvalue weighted by molar-refractivity contribution is 6.02. The number of hydrogen-bond donors (Lipinski definition) is 2. The molecular weight excluding hydrogens is 464 g/mol. The third-order valence-electron chi connectivity index (χ3n) is 7.95. The molecule has 1 aromatic rings. The van der Waals surface area contributed by atoms with E-state index in [0.717, 1.165) is 31.2 Å². The van der Waals surface area contributed by atoms with Gasteiger partial charge in [0.2, 0.25) is 5.96 Å². The van der Waals surface area contributed by atoms with E-state index < -0.39 is 6.23 Å². The zero-order chi connectivity index (χ0) is 26.3. The van der Waals surface area contributed by atoms with Crippen molar-refractivity contribution in [1.29, 1.82) is 0 Å². The highest BCUT2D eigenvalue weighted by atomic mass is 16.3. The van der Waals surface area contributed by atoms with E-state index in [4.69, 9.17) is 9.98 Å². The van der Waals surface area contributed by atoms with Gasteiger partial charge in [-0.1, -0.05) is 45.9 Å². The van der Waals surface area contributed by atoms with Crippen molar-refractivity contribution in [2.45, 2.75) is 58.7 Å². The van der Waals surface area contributed by atoms with Gasteiger partial charge < -0.3 is 14.9 Å². The SMILES string of the molecule is CC1C=CC(C(C)(C)C)=CC1NC1N=C(N2CCN(Cc3ccncc3)C(O)C2)N=C2C1N(C)CN2C. The Kier molecular flexibility index (Phi) is 7.24. The third kappa shape index (κ3) is 5.50. The zero-order valence-electron chi connectivity index (χ0n) is 23.0. The number of aliphatic hydroxyl groups excluding tert-OH is 1. The Morgan fingerprint density at radius 1 is 1.14 bits per heavy atom. The summed E-state index contributed by atoms with van der Waals surface area (Å²) in [5.74, 6) is 2.13. The summed E-state index contributed by atoms with van der Waals surface area (Å²) in [6.45, 7) is 12.6. The number of fused-ring (bicyclic) bond motifs is 1. The second kappa shape index (κ2) is 10.3. The molecule has 3 aliphatic heterocycles. The first-order valence-electron chi connectivity index (χ1n) is 13.4. The van der Waals surface area contributed by atoms with Crippen LogP contribution >= 0.6 is 0 Å². The number of β-amino-alcohol motifs (C(OH)–C–C–N with tert-alkyl or cyclic N) is 1. The fourth-order valence-corrected chi connectivity index (χ4v) is 5.62. The monoisotopic (exact) mass is 506 g/mol. The summed E-state index contributed by atoms with van der Waals surface area (Å²) in [6.07, 6.45) is 9.85. The molecule has 200 valence electrons. The molecule has 4 heterocycles. The molecular formula is C28H42N8O. The van der Waals surface area contributed by atoms with Gasteiger partial charge in [0.25, 0.3) is 0 Å². The lowest BCUT2D eigenvalue weighted by molar-refractivity contribution is -0.0439. The van der Waals surface area contributed by atoms with Crippen LogP contribution in [0, 0.1) is 11.3 Å². The minimum atomic E-state index is -0.585. The van der Waals surface area contributed by atoms with Gasteiger partial charge in [-0.05, 0) is 41.6 Å². The summed E-state index contributed by atoms with van der Waals surface area (Å²) in [4.78, 5) is 23.1. The van der Waals surface area contributed by atoms with Crippen LogP contribution in [-0.4, -0.2) is 106 Å². The number of pyridine rings is 1. The first-order chi connectivity index (χ1) is 17.6. The second-order valence-corrected chi connectivity index (χ2v) is 11.9. The molecule has 4 aliphatic rings. The molecule has 2 N–H and O–H groups in total. The molecule has 9 heteroatoms. The minimum Gasteiger partial charge on any atom is -0.376 e. The zero-order valence-corrected chi connectivity index (χ0v) is 23.0. The van der Waals surface area contributed by atoms with Crippen molar-refractivity contribution < 1.29 is 5.11 Å². The fraction of sp³-hybridized carbons (Fsp3) is 0.607. The number of amidine groups is 1. The molecule has 2 saturated heterocycles. The highest BCUT2D eigenvalue weighted by Crippen LogP contribution is 2.32. The molecule has 0 saturated carbocycles. The molecule has 1 aromatic heterocycles.